The summed E-state index contributed by atoms with van der Waals surface area (Å²) in [4.78, 5) is 14.6. The van der Waals surface area contributed by atoms with E-state index in [0.717, 1.165) is 6.42 Å². The van der Waals surface area contributed by atoms with Gasteiger partial charge >= 0.3 is 0 Å². The van der Waals surface area contributed by atoms with E-state index in [4.69, 9.17) is 18.9 Å². The van der Waals surface area contributed by atoms with Crippen molar-refractivity contribution in [1.82, 2.24) is 10.3 Å². The number of hydrazine groups is 1. The molecule has 0 spiro atoms. The number of sulfonamides is 1. The number of carbonyl (C=O) groups is 1. The summed E-state index contributed by atoms with van der Waals surface area (Å²) < 4.78 is 47.3. The van der Waals surface area contributed by atoms with E-state index < -0.39 is 15.9 Å². The van der Waals surface area contributed by atoms with E-state index in [0.29, 0.717) is 48.7 Å². The Labute approximate surface area is 195 Å². The van der Waals surface area contributed by atoms with Crippen molar-refractivity contribution in [3.8, 4) is 23.0 Å². The van der Waals surface area contributed by atoms with Crippen LogP contribution in [0, 0.1) is 5.92 Å². The molecule has 2 aromatic carbocycles. The smallest absolute Gasteiger partial charge is 0.266 e. The van der Waals surface area contributed by atoms with Gasteiger partial charge in [0, 0.05) is 11.6 Å². The third-order valence-electron chi connectivity index (χ3n) is 4.50. The molecule has 2 rings (SSSR count). The molecule has 0 aliphatic rings. The lowest BCUT2D eigenvalue weighted by Gasteiger charge is -2.14. The lowest BCUT2D eigenvalue weighted by atomic mass is 10.1. The summed E-state index contributed by atoms with van der Waals surface area (Å²) in [5.74, 6) is 1.46. The average molecular weight is 481 g/mol. The molecule has 1 amide bonds. The number of methoxy groups -OCH3 is 1. The number of rotatable bonds is 13. The first-order valence-corrected chi connectivity index (χ1v) is 12.2. The minimum atomic E-state index is -4.05. The van der Waals surface area contributed by atoms with Crippen LogP contribution in [0.15, 0.2) is 41.3 Å². The molecule has 0 saturated heterocycles. The van der Waals surface area contributed by atoms with Crippen LogP contribution in [0.25, 0.3) is 0 Å². The molecule has 0 saturated carbocycles. The Morgan fingerprint density at radius 3 is 2.18 bits per heavy atom. The highest BCUT2D eigenvalue weighted by Gasteiger charge is 2.19. The monoisotopic (exact) mass is 480 g/mol. The van der Waals surface area contributed by atoms with Gasteiger partial charge in [-0.25, -0.2) is 8.42 Å². The fourth-order valence-electron chi connectivity index (χ4n) is 2.78. The van der Waals surface area contributed by atoms with E-state index in [1.165, 1.54) is 37.4 Å². The minimum absolute atomic E-state index is 0.0822. The van der Waals surface area contributed by atoms with E-state index >= 15 is 0 Å². The predicted octanol–water partition coefficient (Wildman–Crippen LogP) is 3.54. The lowest BCUT2D eigenvalue weighted by Crippen LogP contribution is -2.41. The van der Waals surface area contributed by atoms with E-state index in [9.17, 15) is 13.2 Å². The van der Waals surface area contributed by atoms with Gasteiger partial charge in [0.05, 0.1) is 31.8 Å². The van der Waals surface area contributed by atoms with Gasteiger partial charge in [0.15, 0.2) is 23.0 Å². The second kappa shape index (κ2) is 12.3. The molecule has 0 atom stereocenters. The summed E-state index contributed by atoms with van der Waals surface area (Å²) >= 11 is 0. The van der Waals surface area contributed by atoms with E-state index in [1.54, 1.807) is 13.0 Å². The van der Waals surface area contributed by atoms with Crippen molar-refractivity contribution in [2.24, 2.45) is 5.92 Å². The Morgan fingerprint density at radius 1 is 0.909 bits per heavy atom. The molecule has 0 aliphatic carbocycles. The molecule has 2 aromatic rings. The van der Waals surface area contributed by atoms with Gasteiger partial charge in [0.2, 0.25) is 0 Å². The van der Waals surface area contributed by atoms with Crippen LogP contribution in [-0.2, 0) is 10.0 Å². The van der Waals surface area contributed by atoms with Crippen molar-refractivity contribution in [2.45, 2.75) is 39.0 Å². The maximum absolute atomic E-state index is 12.7. The SMILES string of the molecule is CCOc1ccc(S(=O)(=O)NNC(=O)c2ccc(OCCC(C)C)c(OC)c2)cc1OCC. The van der Waals surface area contributed by atoms with Gasteiger partial charge in [-0.05, 0) is 56.5 Å². The standard InChI is InChI=1S/C23H32N2O7S/c1-6-30-20-11-9-18(15-22(20)31-7-2)33(27,28)25-24-23(26)17-8-10-19(21(14-17)29-5)32-13-12-16(3)4/h8-11,14-16,25H,6-7,12-13H2,1-5H3,(H,24,26). The zero-order valence-electron chi connectivity index (χ0n) is 19.6. The first kappa shape index (κ1) is 26.3. The quantitative estimate of drug-likeness (QED) is 0.422. The summed E-state index contributed by atoms with van der Waals surface area (Å²) in [5.41, 5.74) is 2.41. The first-order valence-electron chi connectivity index (χ1n) is 10.7. The van der Waals surface area contributed by atoms with E-state index in [-0.39, 0.29) is 10.5 Å². The maximum atomic E-state index is 12.7. The van der Waals surface area contributed by atoms with Gasteiger partial charge in [-0.1, -0.05) is 13.8 Å². The second-order valence-corrected chi connectivity index (χ2v) is 9.11. The Morgan fingerprint density at radius 2 is 1.55 bits per heavy atom. The molecule has 0 heterocycles. The summed E-state index contributed by atoms with van der Waals surface area (Å²) in [6, 6.07) is 8.85. The largest absolute Gasteiger partial charge is 0.493 e. The molecule has 10 heteroatoms. The van der Waals surface area contributed by atoms with Crippen molar-refractivity contribution in [2.75, 3.05) is 26.9 Å². The molecule has 0 aromatic heterocycles. The normalized spacial score (nSPS) is 11.2. The van der Waals surface area contributed by atoms with Crippen LogP contribution in [0.4, 0.5) is 0 Å². The summed E-state index contributed by atoms with van der Waals surface area (Å²) in [7, 11) is -2.58. The predicted molar refractivity (Wildman–Crippen MR) is 125 cm³/mol. The second-order valence-electron chi connectivity index (χ2n) is 7.43. The van der Waals surface area contributed by atoms with Crippen molar-refractivity contribution < 1.29 is 32.2 Å². The number of hydrogen-bond acceptors (Lipinski definition) is 7. The summed E-state index contributed by atoms with van der Waals surface area (Å²) in [6.45, 7) is 9.06. The third-order valence-corrected chi connectivity index (χ3v) is 5.75. The Kier molecular flexibility index (Phi) is 9.80. The van der Waals surface area contributed by atoms with Crippen LogP contribution in [0.1, 0.15) is 44.5 Å². The van der Waals surface area contributed by atoms with Crippen LogP contribution in [0.3, 0.4) is 0 Å². The zero-order chi connectivity index (χ0) is 24.4. The van der Waals surface area contributed by atoms with Gasteiger partial charge in [0.1, 0.15) is 0 Å². The summed E-state index contributed by atoms with van der Waals surface area (Å²) in [6.07, 6.45) is 0.879. The molecule has 0 bridgehead atoms. The highest BCUT2D eigenvalue weighted by molar-refractivity contribution is 7.89. The molecule has 9 nitrogen and oxygen atoms in total. The fourth-order valence-corrected chi connectivity index (χ4v) is 3.63. The fraction of sp³-hybridized carbons (Fsp3) is 0.435. The highest BCUT2D eigenvalue weighted by Crippen LogP contribution is 2.30. The first-order chi connectivity index (χ1) is 15.7. The molecular weight excluding hydrogens is 448 g/mol. The molecule has 33 heavy (non-hydrogen) atoms. The minimum Gasteiger partial charge on any atom is -0.493 e. The molecule has 0 fully saturated rings. The van der Waals surface area contributed by atoms with Crippen LogP contribution in [0.2, 0.25) is 0 Å². The van der Waals surface area contributed by atoms with Crippen molar-refractivity contribution in [3.05, 3.63) is 42.0 Å². The van der Waals surface area contributed by atoms with Crippen LogP contribution < -0.4 is 29.2 Å². The van der Waals surface area contributed by atoms with Crippen LogP contribution in [-0.4, -0.2) is 41.3 Å². The molecule has 182 valence electrons. The molecule has 0 radical (unpaired) electrons. The topological polar surface area (TPSA) is 112 Å². The van der Waals surface area contributed by atoms with Crippen LogP contribution in [0.5, 0.6) is 23.0 Å². The van der Waals surface area contributed by atoms with E-state index in [2.05, 4.69) is 24.1 Å². The van der Waals surface area contributed by atoms with Gasteiger partial charge in [0.25, 0.3) is 15.9 Å². The van der Waals surface area contributed by atoms with Crippen LogP contribution >= 0.6 is 0 Å². The third kappa shape index (κ3) is 7.54. The Balaban J connectivity index is 2.10. The number of nitrogens with one attached hydrogen (secondary N) is 2. The number of ether oxygens (including phenoxy) is 4. The highest BCUT2D eigenvalue weighted by atomic mass is 32.2. The Hall–Kier alpha value is -2.98. The van der Waals surface area contributed by atoms with E-state index in [1.807, 2.05) is 6.92 Å². The van der Waals surface area contributed by atoms with Gasteiger partial charge in [-0.15, -0.1) is 4.83 Å². The van der Waals surface area contributed by atoms with Gasteiger partial charge in [-0.3, -0.25) is 10.2 Å². The number of amides is 1. The average Bonchev–Trinajstić information content (AvgIpc) is 2.78. The number of hydrogen-bond donors (Lipinski definition) is 2. The van der Waals surface area contributed by atoms with Crippen molar-refractivity contribution >= 4 is 15.9 Å². The van der Waals surface area contributed by atoms with Crippen molar-refractivity contribution in [3.63, 3.8) is 0 Å². The molecule has 2 N–H and O–H groups in total. The lowest BCUT2D eigenvalue weighted by molar-refractivity contribution is 0.0944. The number of benzene rings is 2. The number of carbonyl (C=O) groups excluding carboxylic acids is 1. The molecule has 0 unspecified atom stereocenters. The summed E-state index contributed by atoms with van der Waals surface area (Å²) in [5, 5.41) is 0. The molecular formula is C23H32N2O7S. The van der Waals surface area contributed by atoms with Gasteiger partial charge < -0.3 is 18.9 Å². The van der Waals surface area contributed by atoms with Gasteiger partial charge in [-0.2, -0.15) is 0 Å². The molecule has 0 aliphatic heterocycles. The van der Waals surface area contributed by atoms with Crippen molar-refractivity contribution in [1.29, 1.82) is 0 Å². The zero-order valence-corrected chi connectivity index (χ0v) is 20.5. The Bertz CT molecular complexity index is 1040. The maximum Gasteiger partial charge on any atom is 0.266 e.